The van der Waals surface area contributed by atoms with Gasteiger partial charge in [0, 0.05) is 4.88 Å². The van der Waals surface area contributed by atoms with Crippen molar-refractivity contribution in [3.63, 3.8) is 0 Å². The highest BCUT2D eigenvalue weighted by Crippen LogP contribution is 2.19. The molecule has 3 heteroatoms. The summed E-state index contributed by atoms with van der Waals surface area (Å²) in [6, 6.07) is 10.8. The van der Waals surface area contributed by atoms with Crippen molar-refractivity contribution < 1.29 is 0 Å². The summed E-state index contributed by atoms with van der Waals surface area (Å²) in [5, 5.41) is 3.32. The second kappa shape index (κ2) is 7.41. The van der Waals surface area contributed by atoms with Crippen molar-refractivity contribution in [2.24, 2.45) is 5.92 Å². The topological polar surface area (TPSA) is 24.9 Å². The van der Waals surface area contributed by atoms with E-state index >= 15 is 0 Å². The molecule has 2 nitrogen and oxygen atoms in total. The van der Waals surface area contributed by atoms with Crippen molar-refractivity contribution in [3.05, 3.63) is 52.0 Å². The zero-order valence-corrected chi connectivity index (χ0v) is 12.5. The molecule has 1 unspecified atom stereocenters. The average molecular weight is 274 g/mol. The number of thiazole rings is 1. The molecule has 1 N–H and O–H groups in total. The van der Waals surface area contributed by atoms with Crippen molar-refractivity contribution in [2.45, 2.75) is 26.2 Å². The Balaban J connectivity index is 1.91. The lowest BCUT2D eigenvalue weighted by molar-refractivity contribution is 0.462. The van der Waals surface area contributed by atoms with Crippen LogP contribution in [0.5, 0.6) is 0 Å². The second-order valence-corrected chi connectivity index (χ2v) is 5.95. The van der Waals surface area contributed by atoms with Crippen LogP contribution >= 0.6 is 11.3 Å². The van der Waals surface area contributed by atoms with E-state index in [-0.39, 0.29) is 0 Å². The molecule has 2 aromatic rings. The Bertz CT molecular complexity index is 479. The van der Waals surface area contributed by atoms with Gasteiger partial charge in [-0.3, -0.25) is 0 Å². The van der Waals surface area contributed by atoms with Crippen molar-refractivity contribution in [3.8, 4) is 0 Å². The first kappa shape index (κ1) is 14.2. The Kier molecular flexibility index (Phi) is 5.55. The first-order chi connectivity index (χ1) is 9.29. The maximum atomic E-state index is 4.33. The Hall–Kier alpha value is -1.19. The number of hydrogen-bond donors (Lipinski definition) is 1. The third-order valence-electron chi connectivity index (χ3n) is 3.48. The number of hydrogen-bond acceptors (Lipinski definition) is 3. The molecule has 1 aromatic carbocycles. The highest BCUT2D eigenvalue weighted by molar-refractivity contribution is 7.09. The average Bonchev–Trinajstić information content (AvgIpc) is 2.83. The molecular weight excluding hydrogens is 252 g/mol. The van der Waals surface area contributed by atoms with Crippen LogP contribution in [0.4, 0.5) is 0 Å². The van der Waals surface area contributed by atoms with E-state index < -0.39 is 0 Å². The molecule has 102 valence electrons. The summed E-state index contributed by atoms with van der Waals surface area (Å²) in [4.78, 5) is 5.77. The molecule has 0 saturated carbocycles. The number of aromatic nitrogens is 1. The molecule has 0 aliphatic carbocycles. The fraction of sp³-hybridized carbons (Fsp3) is 0.438. The third kappa shape index (κ3) is 4.44. The maximum absolute atomic E-state index is 4.33. The summed E-state index contributed by atoms with van der Waals surface area (Å²) >= 11 is 1.78. The fourth-order valence-corrected chi connectivity index (χ4v) is 3.21. The number of nitrogens with one attached hydrogen (secondary N) is 1. The van der Waals surface area contributed by atoms with E-state index in [1.807, 2.05) is 12.6 Å². The van der Waals surface area contributed by atoms with Gasteiger partial charge in [-0.2, -0.15) is 0 Å². The van der Waals surface area contributed by atoms with Gasteiger partial charge in [-0.1, -0.05) is 30.3 Å². The highest BCUT2D eigenvalue weighted by atomic mass is 32.1. The Morgan fingerprint density at radius 2 is 2.05 bits per heavy atom. The molecule has 1 heterocycles. The minimum absolute atomic E-state index is 0.689. The molecule has 0 bridgehead atoms. The van der Waals surface area contributed by atoms with Crippen LogP contribution in [0.2, 0.25) is 0 Å². The Labute approximate surface area is 119 Å². The minimum Gasteiger partial charge on any atom is -0.319 e. The van der Waals surface area contributed by atoms with Gasteiger partial charge < -0.3 is 5.32 Å². The summed E-state index contributed by atoms with van der Waals surface area (Å²) in [5.41, 5.74) is 4.59. The van der Waals surface area contributed by atoms with Gasteiger partial charge in [-0.25, -0.2) is 4.98 Å². The molecule has 0 aliphatic heterocycles. The minimum atomic E-state index is 0.689. The molecule has 19 heavy (non-hydrogen) atoms. The lowest BCUT2D eigenvalue weighted by Crippen LogP contribution is -2.21. The molecule has 0 amide bonds. The van der Waals surface area contributed by atoms with Gasteiger partial charge in [-0.15, -0.1) is 11.3 Å². The number of rotatable bonds is 7. The van der Waals surface area contributed by atoms with Crippen LogP contribution in [0.3, 0.4) is 0 Å². The fourth-order valence-electron chi connectivity index (χ4n) is 2.41. The molecule has 0 aliphatic rings. The van der Waals surface area contributed by atoms with Crippen LogP contribution in [-0.2, 0) is 12.8 Å². The van der Waals surface area contributed by atoms with Crippen molar-refractivity contribution in [2.75, 3.05) is 13.6 Å². The molecule has 1 aromatic heterocycles. The summed E-state index contributed by atoms with van der Waals surface area (Å²) < 4.78 is 0. The van der Waals surface area contributed by atoms with E-state index in [0.717, 1.165) is 19.4 Å². The number of nitrogens with zero attached hydrogens (tertiary/aromatic N) is 1. The zero-order chi connectivity index (χ0) is 13.5. The van der Waals surface area contributed by atoms with Crippen molar-refractivity contribution in [1.82, 2.24) is 10.3 Å². The first-order valence-electron chi connectivity index (χ1n) is 6.87. The summed E-state index contributed by atoms with van der Waals surface area (Å²) in [6.45, 7) is 3.18. The lowest BCUT2D eigenvalue weighted by atomic mass is 9.94. The summed E-state index contributed by atoms with van der Waals surface area (Å²) in [5.74, 6) is 0.689. The number of aryl methyl sites for hydroxylation is 2. The van der Waals surface area contributed by atoms with E-state index in [2.05, 4.69) is 47.6 Å². The van der Waals surface area contributed by atoms with E-state index in [9.17, 15) is 0 Å². The normalized spacial score (nSPS) is 12.5. The predicted molar refractivity (Wildman–Crippen MR) is 82.7 cm³/mol. The maximum Gasteiger partial charge on any atom is 0.0797 e. The van der Waals surface area contributed by atoms with Crippen LogP contribution in [0.15, 0.2) is 35.8 Å². The van der Waals surface area contributed by atoms with E-state index in [4.69, 9.17) is 0 Å². The molecule has 0 radical (unpaired) electrons. The largest absolute Gasteiger partial charge is 0.319 e. The molecule has 0 spiro atoms. The Morgan fingerprint density at radius 1 is 1.26 bits per heavy atom. The van der Waals surface area contributed by atoms with Gasteiger partial charge >= 0.3 is 0 Å². The summed E-state index contributed by atoms with van der Waals surface area (Å²) in [6.07, 6.45) is 3.52. The second-order valence-electron chi connectivity index (χ2n) is 5.01. The van der Waals surface area contributed by atoms with Gasteiger partial charge in [0.25, 0.3) is 0 Å². The SMILES string of the molecule is CNCC(CCc1scnc1C)Cc1ccccc1. The van der Waals surface area contributed by atoms with Crippen LogP contribution in [0.1, 0.15) is 22.6 Å². The van der Waals surface area contributed by atoms with Gasteiger partial charge in [-0.05, 0) is 51.3 Å². The van der Waals surface area contributed by atoms with E-state index in [1.165, 1.54) is 22.6 Å². The van der Waals surface area contributed by atoms with Gasteiger partial charge in [0.15, 0.2) is 0 Å². The third-order valence-corrected chi connectivity index (χ3v) is 4.48. The van der Waals surface area contributed by atoms with E-state index in [0.29, 0.717) is 5.92 Å². The first-order valence-corrected chi connectivity index (χ1v) is 7.75. The van der Waals surface area contributed by atoms with E-state index in [1.54, 1.807) is 11.3 Å². The smallest absolute Gasteiger partial charge is 0.0797 e. The van der Waals surface area contributed by atoms with Gasteiger partial charge in [0.1, 0.15) is 0 Å². The van der Waals surface area contributed by atoms with Crippen LogP contribution in [0, 0.1) is 12.8 Å². The molecule has 0 fully saturated rings. The van der Waals surface area contributed by atoms with Crippen LogP contribution in [0.25, 0.3) is 0 Å². The highest BCUT2D eigenvalue weighted by Gasteiger charge is 2.11. The van der Waals surface area contributed by atoms with Crippen LogP contribution in [-0.4, -0.2) is 18.6 Å². The van der Waals surface area contributed by atoms with Crippen LogP contribution < -0.4 is 5.32 Å². The predicted octanol–water partition coefficient (Wildman–Crippen LogP) is 3.46. The standard InChI is InChI=1S/C16H22N2S/c1-13-16(19-12-18-13)9-8-15(11-17-2)10-14-6-4-3-5-7-14/h3-7,12,15,17H,8-11H2,1-2H3. The monoisotopic (exact) mass is 274 g/mol. The zero-order valence-electron chi connectivity index (χ0n) is 11.7. The quantitative estimate of drug-likeness (QED) is 0.836. The molecular formula is C16H22N2S. The molecule has 0 saturated heterocycles. The lowest BCUT2D eigenvalue weighted by Gasteiger charge is -2.16. The molecule has 1 atom stereocenters. The summed E-state index contributed by atoms with van der Waals surface area (Å²) in [7, 11) is 2.04. The van der Waals surface area contributed by atoms with Crippen molar-refractivity contribution >= 4 is 11.3 Å². The van der Waals surface area contributed by atoms with Gasteiger partial charge in [0.05, 0.1) is 11.2 Å². The van der Waals surface area contributed by atoms with Gasteiger partial charge in [0.2, 0.25) is 0 Å². The number of benzene rings is 1. The Morgan fingerprint density at radius 3 is 2.68 bits per heavy atom. The van der Waals surface area contributed by atoms with Crippen molar-refractivity contribution in [1.29, 1.82) is 0 Å². The molecule has 2 rings (SSSR count).